The number of aromatic nitrogens is 3. The van der Waals surface area contributed by atoms with Gasteiger partial charge in [-0.15, -0.1) is 5.10 Å². The van der Waals surface area contributed by atoms with Gasteiger partial charge < -0.3 is 9.57 Å². The van der Waals surface area contributed by atoms with Crippen LogP contribution in [0.2, 0.25) is 0 Å². The van der Waals surface area contributed by atoms with E-state index in [1.807, 2.05) is 49.4 Å². The van der Waals surface area contributed by atoms with E-state index in [0.29, 0.717) is 5.69 Å². The highest BCUT2D eigenvalue weighted by atomic mass is 16.6. The van der Waals surface area contributed by atoms with E-state index in [-0.39, 0.29) is 18.3 Å². The molecule has 7 heteroatoms. The summed E-state index contributed by atoms with van der Waals surface area (Å²) in [7, 11) is 3.06. The molecule has 0 amide bonds. The molecule has 0 atom stereocenters. The van der Waals surface area contributed by atoms with Crippen LogP contribution in [0.1, 0.15) is 18.1 Å². The second-order valence-electron chi connectivity index (χ2n) is 6.87. The first-order valence-electron chi connectivity index (χ1n) is 9.52. The molecule has 0 fully saturated rings. The van der Waals surface area contributed by atoms with E-state index in [1.54, 1.807) is 7.05 Å². The summed E-state index contributed by atoms with van der Waals surface area (Å²) in [5, 5.41) is 10.7. The fourth-order valence-corrected chi connectivity index (χ4v) is 3.30. The van der Waals surface area contributed by atoms with Crippen molar-refractivity contribution in [2.45, 2.75) is 13.5 Å². The molecule has 1 heterocycles. The molecule has 7 nitrogen and oxygen atoms in total. The third-order valence-corrected chi connectivity index (χ3v) is 4.90. The van der Waals surface area contributed by atoms with E-state index >= 15 is 0 Å². The minimum absolute atomic E-state index is 0.200. The second kappa shape index (κ2) is 8.24. The van der Waals surface area contributed by atoms with Crippen molar-refractivity contribution < 1.29 is 9.57 Å². The summed E-state index contributed by atoms with van der Waals surface area (Å²) < 4.78 is 7.90. The van der Waals surface area contributed by atoms with Crippen LogP contribution in [0.4, 0.5) is 0 Å². The molecule has 4 rings (SSSR count). The largest absolute Gasteiger partial charge is 0.467 e. The lowest BCUT2D eigenvalue weighted by atomic mass is 10.0. The van der Waals surface area contributed by atoms with Crippen molar-refractivity contribution in [3.05, 3.63) is 88.3 Å². The third kappa shape index (κ3) is 3.69. The van der Waals surface area contributed by atoms with Crippen molar-refractivity contribution in [1.82, 2.24) is 14.3 Å². The van der Waals surface area contributed by atoms with E-state index in [2.05, 4.69) is 34.5 Å². The number of hydrogen-bond acceptors (Lipinski definition) is 5. The van der Waals surface area contributed by atoms with Crippen LogP contribution in [-0.4, -0.2) is 27.2 Å². The minimum Gasteiger partial charge on any atom is -0.467 e. The zero-order valence-corrected chi connectivity index (χ0v) is 17.1. The van der Waals surface area contributed by atoms with Gasteiger partial charge in [0.2, 0.25) is 0 Å². The lowest BCUT2D eigenvalue weighted by molar-refractivity contribution is 0.130. The molecule has 4 aromatic rings. The maximum absolute atomic E-state index is 12.5. The average molecular weight is 402 g/mol. The van der Waals surface area contributed by atoms with Crippen molar-refractivity contribution >= 4 is 16.5 Å². The van der Waals surface area contributed by atoms with Gasteiger partial charge in [0.1, 0.15) is 6.61 Å². The van der Waals surface area contributed by atoms with E-state index in [4.69, 9.17) is 9.57 Å². The van der Waals surface area contributed by atoms with Crippen LogP contribution in [0.5, 0.6) is 6.01 Å². The number of benzene rings is 3. The maximum atomic E-state index is 12.5. The molecule has 0 saturated heterocycles. The molecular formula is C23H22N4O3. The van der Waals surface area contributed by atoms with E-state index in [0.717, 1.165) is 22.2 Å². The Bertz CT molecular complexity index is 1290. The first-order valence-corrected chi connectivity index (χ1v) is 9.52. The van der Waals surface area contributed by atoms with Crippen LogP contribution in [-0.2, 0) is 18.5 Å². The number of ether oxygens (including phenoxy) is 1. The SMILES string of the molecule is COc1nn(C)c(=O)n1-c1ccccc1CO/N=C(/C)c1ccc2ccccc2c1. The quantitative estimate of drug-likeness (QED) is 0.364. The van der Waals surface area contributed by atoms with Crippen molar-refractivity contribution in [1.29, 1.82) is 0 Å². The number of hydrogen-bond donors (Lipinski definition) is 0. The predicted molar refractivity (Wildman–Crippen MR) is 116 cm³/mol. The van der Waals surface area contributed by atoms with E-state index in [9.17, 15) is 4.79 Å². The molecule has 3 aromatic carbocycles. The Hall–Kier alpha value is -3.87. The number of oxime groups is 1. The normalized spacial score (nSPS) is 11.6. The lowest BCUT2D eigenvalue weighted by Crippen LogP contribution is -2.22. The second-order valence-corrected chi connectivity index (χ2v) is 6.87. The van der Waals surface area contributed by atoms with Gasteiger partial charge in [-0.25, -0.2) is 14.0 Å². The number of fused-ring (bicyclic) bond motifs is 1. The molecule has 0 bridgehead atoms. The molecule has 0 saturated carbocycles. The van der Waals surface area contributed by atoms with E-state index in [1.165, 1.54) is 21.7 Å². The fraction of sp³-hybridized carbons (Fsp3) is 0.174. The molecule has 30 heavy (non-hydrogen) atoms. The first kappa shape index (κ1) is 19.4. The molecule has 152 valence electrons. The number of rotatable bonds is 6. The molecule has 0 N–H and O–H groups in total. The maximum Gasteiger partial charge on any atom is 0.353 e. The standard InChI is InChI=1S/C23H22N4O3/c1-16(18-13-12-17-8-4-5-9-19(17)14-18)25-30-15-20-10-6-7-11-21(20)27-22(29-3)24-26(2)23(27)28/h4-14H,15H2,1-3H3/b25-16-. The van der Waals surface area contributed by atoms with E-state index < -0.39 is 0 Å². The average Bonchev–Trinajstić information content (AvgIpc) is 3.07. The van der Waals surface area contributed by atoms with Crippen molar-refractivity contribution in [3.8, 4) is 11.7 Å². The van der Waals surface area contributed by atoms with Gasteiger partial charge in [-0.2, -0.15) is 0 Å². The lowest BCUT2D eigenvalue weighted by Gasteiger charge is -2.10. The minimum atomic E-state index is -0.296. The van der Waals surface area contributed by atoms with Gasteiger partial charge in [-0.1, -0.05) is 59.8 Å². The molecular weight excluding hydrogens is 380 g/mol. The number of para-hydroxylation sites is 1. The highest BCUT2D eigenvalue weighted by molar-refractivity contribution is 6.01. The van der Waals surface area contributed by atoms with Crippen LogP contribution < -0.4 is 10.4 Å². The molecule has 0 unspecified atom stereocenters. The van der Waals surface area contributed by atoms with Crippen LogP contribution in [0, 0.1) is 0 Å². The zero-order valence-electron chi connectivity index (χ0n) is 17.1. The Morgan fingerprint density at radius 3 is 2.57 bits per heavy atom. The van der Waals surface area contributed by atoms with Crippen LogP contribution in [0.15, 0.2) is 76.7 Å². The van der Waals surface area contributed by atoms with Gasteiger partial charge in [0.15, 0.2) is 0 Å². The number of nitrogens with zero attached hydrogens (tertiary/aromatic N) is 4. The third-order valence-electron chi connectivity index (χ3n) is 4.90. The van der Waals surface area contributed by atoms with Crippen LogP contribution in [0.25, 0.3) is 16.5 Å². The Kier molecular flexibility index (Phi) is 5.34. The summed E-state index contributed by atoms with van der Waals surface area (Å²) in [6.07, 6.45) is 0. The van der Waals surface area contributed by atoms with Gasteiger partial charge in [0.05, 0.1) is 18.5 Å². The Morgan fingerprint density at radius 1 is 1.03 bits per heavy atom. The monoisotopic (exact) mass is 402 g/mol. The van der Waals surface area contributed by atoms with Crippen molar-refractivity contribution in [2.24, 2.45) is 12.2 Å². The Balaban J connectivity index is 1.58. The summed E-state index contributed by atoms with van der Waals surface area (Å²) in [6.45, 7) is 2.11. The van der Waals surface area contributed by atoms with Gasteiger partial charge in [-0.3, -0.25) is 0 Å². The Morgan fingerprint density at radius 2 is 1.77 bits per heavy atom. The van der Waals surface area contributed by atoms with Crippen molar-refractivity contribution in [3.63, 3.8) is 0 Å². The van der Waals surface area contributed by atoms with Gasteiger partial charge >= 0.3 is 11.7 Å². The summed E-state index contributed by atoms with van der Waals surface area (Å²) in [5.74, 6) is 0. The molecule has 0 spiro atoms. The van der Waals surface area contributed by atoms with Gasteiger partial charge in [0.25, 0.3) is 0 Å². The number of methoxy groups -OCH3 is 1. The topological polar surface area (TPSA) is 70.6 Å². The van der Waals surface area contributed by atoms with Gasteiger partial charge in [-0.05, 0) is 35.4 Å². The fourth-order valence-electron chi connectivity index (χ4n) is 3.30. The molecule has 0 radical (unpaired) electrons. The Labute approximate surface area is 173 Å². The molecule has 0 aliphatic heterocycles. The zero-order chi connectivity index (χ0) is 21.1. The summed E-state index contributed by atoms with van der Waals surface area (Å²) in [4.78, 5) is 18.1. The first-order chi connectivity index (χ1) is 14.6. The summed E-state index contributed by atoms with van der Waals surface area (Å²) in [5.41, 5.74) is 2.91. The number of aryl methyl sites for hydroxylation is 1. The van der Waals surface area contributed by atoms with Crippen LogP contribution >= 0.6 is 0 Å². The summed E-state index contributed by atoms with van der Waals surface area (Å²) >= 11 is 0. The molecule has 1 aromatic heterocycles. The predicted octanol–water partition coefficient (Wildman–Crippen LogP) is 3.67. The molecule has 0 aliphatic rings. The summed E-state index contributed by atoms with van der Waals surface area (Å²) in [6, 6.07) is 22.0. The van der Waals surface area contributed by atoms with Crippen molar-refractivity contribution in [2.75, 3.05) is 7.11 Å². The van der Waals surface area contributed by atoms with Crippen LogP contribution in [0.3, 0.4) is 0 Å². The van der Waals surface area contributed by atoms with Gasteiger partial charge in [0, 0.05) is 12.6 Å². The highest BCUT2D eigenvalue weighted by Crippen LogP contribution is 2.19. The highest BCUT2D eigenvalue weighted by Gasteiger charge is 2.16. The molecule has 0 aliphatic carbocycles. The smallest absolute Gasteiger partial charge is 0.353 e.